The summed E-state index contributed by atoms with van der Waals surface area (Å²) >= 11 is 8.31. The summed E-state index contributed by atoms with van der Waals surface area (Å²) in [5.41, 5.74) is 7.26. The van der Waals surface area contributed by atoms with Crippen LogP contribution in [0.1, 0.15) is 24.2 Å². The highest BCUT2D eigenvalue weighted by atomic mass is 79.9. The van der Waals surface area contributed by atoms with Crippen LogP contribution in [-0.2, 0) is 0 Å². The Morgan fingerprint density at radius 1 is 1.32 bits per heavy atom. The number of anilines is 1. The summed E-state index contributed by atoms with van der Waals surface area (Å²) in [6.45, 7) is 2.04. The Hall–Kier alpha value is -1.53. The average molecular weight is 337 g/mol. The van der Waals surface area contributed by atoms with Crippen molar-refractivity contribution in [2.45, 2.75) is 13.0 Å². The molecule has 0 bridgehead atoms. The fourth-order valence-corrected chi connectivity index (χ4v) is 1.97. The first-order chi connectivity index (χ1) is 9.06. The third-order valence-electron chi connectivity index (χ3n) is 2.62. The van der Waals surface area contributed by atoms with Crippen molar-refractivity contribution in [3.05, 3.63) is 52.3 Å². The lowest BCUT2D eigenvalue weighted by atomic mass is 10.1. The number of benzene rings is 1. The van der Waals surface area contributed by atoms with E-state index in [1.54, 1.807) is 12.3 Å². The molecule has 1 atom stereocenters. The first kappa shape index (κ1) is 13.9. The molecule has 0 aliphatic rings. The molecule has 1 aromatic carbocycles. The molecule has 0 saturated carbocycles. The number of nitrogens with zero attached hydrogens (tertiary/aromatic N) is 2. The van der Waals surface area contributed by atoms with Crippen LogP contribution in [0.5, 0.6) is 0 Å². The summed E-state index contributed by atoms with van der Waals surface area (Å²) in [5, 5.41) is 3.22. The molecule has 1 unspecified atom stereocenters. The van der Waals surface area contributed by atoms with Gasteiger partial charge in [0, 0.05) is 10.7 Å². The van der Waals surface area contributed by atoms with E-state index in [2.05, 4.69) is 31.2 Å². The van der Waals surface area contributed by atoms with Crippen LogP contribution in [0.25, 0.3) is 0 Å². The lowest BCUT2D eigenvalue weighted by Crippen LogP contribution is -2.15. The van der Waals surface area contributed by atoms with Gasteiger partial charge in [-0.1, -0.05) is 40.3 Å². The quantitative estimate of drug-likeness (QED) is 0.840. The molecule has 0 spiro atoms. The van der Waals surface area contributed by atoms with Crippen LogP contribution in [0.3, 0.4) is 0 Å². The van der Waals surface area contributed by atoms with E-state index in [1.165, 1.54) is 0 Å². The SMILES string of the molecule is CC(Nc1nccc(C(N)=S)n1)c1ccc(Br)cc1. The molecular weight excluding hydrogens is 324 g/mol. The summed E-state index contributed by atoms with van der Waals surface area (Å²) in [6, 6.07) is 9.87. The highest BCUT2D eigenvalue weighted by Gasteiger charge is 2.08. The number of halogens is 1. The summed E-state index contributed by atoms with van der Waals surface area (Å²) in [4.78, 5) is 8.68. The summed E-state index contributed by atoms with van der Waals surface area (Å²) in [5.74, 6) is 0.515. The highest BCUT2D eigenvalue weighted by molar-refractivity contribution is 9.10. The predicted octanol–water partition coefficient (Wildman–Crippen LogP) is 3.05. The fourth-order valence-electron chi connectivity index (χ4n) is 1.59. The van der Waals surface area contributed by atoms with Gasteiger partial charge >= 0.3 is 0 Å². The maximum atomic E-state index is 5.55. The largest absolute Gasteiger partial charge is 0.388 e. The summed E-state index contributed by atoms with van der Waals surface area (Å²) in [7, 11) is 0. The molecule has 3 N–H and O–H groups in total. The third-order valence-corrected chi connectivity index (χ3v) is 3.36. The van der Waals surface area contributed by atoms with E-state index < -0.39 is 0 Å². The van der Waals surface area contributed by atoms with Gasteiger partial charge < -0.3 is 11.1 Å². The first-order valence-electron chi connectivity index (χ1n) is 5.71. The molecule has 1 aromatic heterocycles. The molecule has 2 rings (SSSR count). The zero-order valence-electron chi connectivity index (χ0n) is 10.3. The Bertz CT molecular complexity index is 585. The number of thiocarbonyl (C=S) groups is 1. The van der Waals surface area contributed by atoms with Gasteiger partial charge in [0.05, 0.1) is 6.04 Å². The minimum atomic E-state index is 0.0923. The van der Waals surface area contributed by atoms with Gasteiger partial charge in [-0.25, -0.2) is 9.97 Å². The van der Waals surface area contributed by atoms with Gasteiger partial charge in [0.15, 0.2) is 0 Å². The number of nitrogens with two attached hydrogens (primary N) is 1. The lowest BCUT2D eigenvalue weighted by Gasteiger charge is -2.14. The Morgan fingerprint density at radius 2 is 2.00 bits per heavy atom. The van der Waals surface area contributed by atoms with Gasteiger partial charge in [0.2, 0.25) is 5.95 Å². The summed E-state index contributed by atoms with van der Waals surface area (Å²) in [6.07, 6.45) is 1.64. The third kappa shape index (κ3) is 3.71. The Balaban J connectivity index is 2.14. The second kappa shape index (κ2) is 6.08. The van der Waals surface area contributed by atoms with Crippen LogP contribution in [0, 0.1) is 0 Å². The van der Waals surface area contributed by atoms with Crippen LogP contribution in [0.4, 0.5) is 5.95 Å². The van der Waals surface area contributed by atoms with E-state index in [-0.39, 0.29) is 11.0 Å². The molecule has 2 aromatic rings. The maximum absolute atomic E-state index is 5.55. The van der Waals surface area contributed by atoms with Crippen molar-refractivity contribution in [1.29, 1.82) is 0 Å². The van der Waals surface area contributed by atoms with Gasteiger partial charge in [-0.3, -0.25) is 0 Å². The van der Waals surface area contributed by atoms with Crippen LogP contribution < -0.4 is 11.1 Å². The van der Waals surface area contributed by atoms with Crippen molar-refractivity contribution in [3.63, 3.8) is 0 Å². The van der Waals surface area contributed by atoms with Gasteiger partial charge in [0.25, 0.3) is 0 Å². The molecule has 4 nitrogen and oxygen atoms in total. The van der Waals surface area contributed by atoms with E-state index >= 15 is 0 Å². The van der Waals surface area contributed by atoms with Gasteiger partial charge in [-0.2, -0.15) is 0 Å². The van der Waals surface area contributed by atoms with Crippen molar-refractivity contribution >= 4 is 39.1 Å². The van der Waals surface area contributed by atoms with Crippen LogP contribution >= 0.6 is 28.1 Å². The first-order valence-corrected chi connectivity index (χ1v) is 6.91. The van der Waals surface area contributed by atoms with E-state index in [9.17, 15) is 0 Å². The molecular formula is C13H13BrN4S. The van der Waals surface area contributed by atoms with E-state index in [4.69, 9.17) is 18.0 Å². The smallest absolute Gasteiger partial charge is 0.223 e. The van der Waals surface area contributed by atoms with Crippen LogP contribution in [0.15, 0.2) is 41.0 Å². The molecule has 0 radical (unpaired) electrons. The Morgan fingerprint density at radius 3 is 2.63 bits per heavy atom. The van der Waals surface area contributed by atoms with Crippen molar-refractivity contribution in [1.82, 2.24) is 9.97 Å². The van der Waals surface area contributed by atoms with Crippen molar-refractivity contribution in [2.24, 2.45) is 5.73 Å². The van der Waals surface area contributed by atoms with Gasteiger partial charge in [-0.05, 0) is 30.7 Å². The molecule has 0 aliphatic carbocycles. The monoisotopic (exact) mass is 336 g/mol. The second-order valence-corrected chi connectivity index (χ2v) is 5.40. The fraction of sp³-hybridized carbons (Fsp3) is 0.154. The topological polar surface area (TPSA) is 63.8 Å². The van der Waals surface area contributed by atoms with Crippen molar-refractivity contribution < 1.29 is 0 Å². The standard InChI is InChI=1S/C13H13BrN4S/c1-8(9-2-4-10(14)5-3-9)17-13-16-7-6-11(18-13)12(15)19/h2-8H,1H3,(H2,15,19)(H,16,17,18). The number of aromatic nitrogens is 2. The van der Waals surface area contributed by atoms with Crippen LogP contribution in [-0.4, -0.2) is 15.0 Å². The van der Waals surface area contributed by atoms with E-state index in [0.29, 0.717) is 11.6 Å². The van der Waals surface area contributed by atoms with E-state index in [0.717, 1.165) is 10.0 Å². The van der Waals surface area contributed by atoms with Gasteiger partial charge in [0.1, 0.15) is 10.7 Å². The number of hydrogen-bond donors (Lipinski definition) is 2. The molecule has 19 heavy (non-hydrogen) atoms. The number of hydrogen-bond acceptors (Lipinski definition) is 4. The predicted molar refractivity (Wildman–Crippen MR) is 84.1 cm³/mol. The van der Waals surface area contributed by atoms with Crippen LogP contribution in [0.2, 0.25) is 0 Å². The zero-order valence-corrected chi connectivity index (χ0v) is 12.7. The molecule has 0 amide bonds. The molecule has 0 aliphatic heterocycles. The van der Waals surface area contributed by atoms with Crippen molar-refractivity contribution in [3.8, 4) is 0 Å². The molecule has 0 fully saturated rings. The highest BCUT2D eigenvalue weighted by Crippen LogP contribution is 2.19. The maximum Gasteiger partial charge on any atom is 0.223 e. The summed E-state index contributed by atoms with van der Waals surface area (Å²) < 4.78 is 1.05. The van der Waals surface area contributed by atoms with Gasteiger partial charge in [-0.15, -0.1) is 0 Å². The minimum Gasteiger partial charge on any atom is -0.388 e. The minimum absolute atomic E-state index is 0.0923. The van der Waals surface area contributed by atoms with E-state index in [1.807, 2.05) is 31.2 Å². The Kier molecular flexibility index (Phi) is 4.44. The molecule has 98 valence electrons. The molecule has 1 heterocycles. The molecule has 6 heteroatoms. The second-order valence-electron chi connectivity index (χ2n) is 4.05. The number of rotatable bonds is 4. The number of nitrogens with one attached hydrogen (secondary N) is 1. The average Bonchev–Trinajstić information content (AvgIpc) is 2.39. The zero-order chi connectivity index (χ0) is 13.8. The Labute approximate surface area is 125 Å². The van der Waals surface area contributed by atoms with Crippen molar-refractivity contribution in [2.75, 3.05) is 5.32 Å². The lowest BCUT2D eigenvalue weighted by molar-refractivity contribution is 0.859. The normalized spacial score (nSPS) is 11.9. The molecule has 0 saturated heterocycles.